The van der Waals surface area contributed by atoms with Gasteiger partial charge in [-0.2, -0.15) is 0 Å². The van der Waals surface area contributed by atoms with Gasteiger partial charge in [0, 0.05) is 31.6 Å². The SMILES string of the molecule is Fc1ccc(C2OCCC2NCc2ccncc2)cc1F. The number of nitrogens with zero attached hydrogens (tertiary/aromatic N) is 1. The molecule has 0 amide bonds. The van der Waals surface area contributed by atoms with E-state index in [1.54, 1.807) is 18.5 Å². The van der Waals surface area contributed by atoms with Crippen molar-refractivity contribution in [3.05, 3.63) is 65.5 Å². The van der Waals surface area contributed by atoms with E-state index in [2.05, 4.69) is 10.3 Å². The highest BCUT2D eigenvalue weighted by molar-refractivity contribution is 5.22. The van der Waals surface area contributed by atoms with Crippen LogP contribution in [0.4, 0.5) is 8.78 Å². The van der Waals surface area contributed by atoms with E-state index in [4.69, 9.17) is 4.74 Å². The number of ether oxygens (including phenoxy) is 1. The van der Waals surface area contributed by atoms with Crippen molar-refractivity contribution >= 4 is 0 Å². The van der Waals surface area contributed by atoms with Gasteiger partial charge in [-0.05, 0) is 41.8 Å². The van der Waals surface area contributed by atoms with E-state index in [1.807, 2.05) is 12.1 Å². The second-order valence-electron chi connectivity index (χ2n) is 5.10. The van der Waals surface area contributed by atoms with E-state index in [0.717, 1.165) is 18.1 Å². The fraction of sp³-hybridized carbons (Fsp3) is 0.312. The molecule has 2 unspecified atom stereocenters. The zero-order valence-electron chi connectivity index (χ0n) is 11.4. The third-order valence-corrected chi connectivity index (χ3v) is 3.68. The lowest BCUT2D eigenvalue weighted by Gasteiger charge is -2.20. The van der Waals surface area contributed by atoms with Gasteiger partial charge < -0.3 is 10.1 Å². The van der Waals surface area contributed by atoms with E-state index in [0.29, 0.717) is 18.7 Å². The first-order chi connectivity index (χ1) is 10.2. The molecule has 110 valence electrons. The van der Waals surface area contributed by atoms with Crippen molar-refractivity contribution in [3.63, 3.8) is 0 Å². The van der Waals surface area contributed by atoms with Crippen molar-refractivity contribution in [3.8, 4) is 0 Å². The van der Waals surface area contributed by atoms with E-state index in [1.165, 1.54) is 6.07 Å². The maximum absolute atomic E-state index is 13.4. The monoisotopic (exact) mass is 290 g/mol. The molecule has 21 heavy (non-hydrogen) atoms. The van der Waals surface area contributed by atoms with Gasteiger partial charge in [0.1, 0.15) is 0 Å². The van der Waals surface area contributed by atoms with E-state index in [9.17, 15) is 8.78 Å². The fourth-order valence-corrected chi connectivity index (χ4v) is 2.57. The second-order valence-corrected chi connectivity index (χ2v) is 5.10. The Morgan fingerprint density at radius 1 is 1.14 bits per heavy atom. The minimum atomic E-state index is -0.837. The van der Waals surface area contributed by atoms with Gasteiger partial charge in [0.2, 0.25) is 0 Å². The van der Waals surface area contributed by atoms with Crippen LogP contribution in [0.2, 0.25) is 0 Å². The molecular formula is C16H16F2N2O. The molecule has 2 heterocycles. The normalized spacial score (nSPS) is 21.6. The number of aromatic nitrogens is 1. The highest BCUT2D eigenvalue weighted by Gasteiger charge is 2.29. The summed E-state index contributed by atoms with van der Waals surface area (Å²) in [7, 11) is 0. The maximum Gasteiger partial charge on any atom is 0.159 e. The largest absolute Gasteiger partial charge is 0.372 e. The van der Waals surface area contributed by atoms with Gasteiger partial charge >= 0.3 is 0 Å². The summed E-state index contributed by atoms with van der Waals surface area (Å²) in [6, 6.07) is 7.90. The molecule has 1 aliphatic rings. The number of rotatable bonds is 4. The molecule has 0 spiro atoms. The number of hydrogen-bond donors (Lipinski definition) is 1. The van der Waals surface area contributed by atoms with Gasteiger partial charge in [0.05, 0.1) is 6.10 Å². The molecule has 1 N–H and O–H groups in total. The van der Waals surface area contributed by atoms with Crippen LogP contribution in [0.25, 0.3) is 0 Å². The van der Waals surface area contributed by atoms with Crippen LogP contribution in [0.1, 0.15) is 23.7 Å². The molecule has 1 aliphatic heterocycles. The molecule has 0 saturated carbocycles. The molecule has 1 fully saturated rings. The molecule has 1 aromatic heterocycles. The average Bonchev–Trinajstić information content (AvgIpc) is 2.97. The first-order valence-corrected chi connectivity index (χ1v) is 6.93. The number of nitrogens with one attached hydrogen (secondary N) is 1. The van der Waals surface area contributed by atoms with Crippen molar-refractivity contribution in [2.24, 2.45) is 0 Å². The molecule has 0 bridgehead atoms. The van der Waals surface area contributed by atoms with Gasteiger partial charge in [-0.25, -0.2) is 8.78 Å². The predicted octanol–water partition coefficient (Wildman–Crippen LogP) is 2.98. The summed E-state index contributed by atoms with van der Waals surface area (Å²) < 4.78 is 32.0. The number of pyridine rings is 1. The zero-order valence-corrected chi connectivity index (χ0v) is 11.4. The summed E-state index contributed by atoms with van der Waals surface area (Å²) in [6.45, 7) is 1.30. The minimum absolute atomic E-state index is 0.0861. The quantitative estimate of drug-likeness (QED) is 0.940. The van der Waals surface area contributed by atoms with Crippen molar-refractivity contribution in [1.82, 2.24) is 10.3 Å². The first kappa shape index (κ1) is 14.1. The van der Waals surface area contributed by atoms with Gasteiger partial charge in [-0.15, -0.1) is 0 Å². The first-order valence-electron chi connectivity index (χ1n) is 6.93. The van der Waals surface area contributed by atoms with Crippen LogP contribution in [0, 0.1) is 11.6 Å². The van der Waals surface area contributed by atoms with Crippen molar-refractivity contribution < 1.29 is 13.5 Å². The summed E-state index contributed by atoms with van der Waals surface area (Å²) in [5.41, 5.74) is 1.79. The lowest BCUT2D eigenvalue weighted by Crippen LogP contribution is -2.31. The molecule has 5 heteroatoms. The Morgan fingerprint density at radius 3 is 2.71 bits per heavy atom. The van der Waals surface area contributed by atoms with Crippen LogP contribution in [0.15, 0.2) is 42.7 Å². The van der Waals surface area contributed by atoms with Gasteiger partial charge in [0.15, 0.2) is 11.6 Å². The number of hydrogen-bond acceptors (Lipinski definition) is 3. The van der Waals surface area contributed by atoms with E-state index in [-0.39, 0.29) is 12.1 Å². The maximum atomic E-state index is 13.4. The molecule has 2 aromatic rings. The Bertz CT molecular complexity index is 606. The Labute approximate surface area is 122 Å². The van der Waals surface area contributed by atoms with Crippen LogP contribution < -0.4 is 5.32 Å². The summed E-state index contributed by atoms with van der Waals surface area (Å²) in [6.07, 6.45) is 4.08. The van der Waals surface area contributed by atoms with Gasteiger partial charge in [0.25, 0.3) is 0 Å². The van der Waals surface area contributed by atoms with Crippen LogP contribution in [-0.4, -0.2) is 17.6 Å². The topological polar surface area (TPSA) is 34.1 Å². The highest BCUT2D eigenvalue weighted by atomic mass is 19.2. The Hall–Kier alpha value is -1.85. The summed E-state index contributed by atoms with van der Waals surface area (Å²) >= 11 is 0. The lowest BCUT2D eigenvalue weighted by molar-refractivity contribution is 0.0981. The van der Waals surface area contributed by atoms with Crippen molar-refractivity contribution in [1.29, 1.82) is 0 Å². The number of halogens is 2. The third kappa shape index (κ3) is 3.25. The summed E-state index contributed by atoms with van der Waals surface area (Å²) in [5.74, 6) is -1.67. The van der Waals surface area contributed by atoms with Gasteiger partial charge in [-0.3, -0.25) is 4.98 Å². The molecule has 0 aliphatic carbocycles. The van der Waals surface area contributed by atoms with Gasteiger partial charge in [-0.1, -0.05) is 6.07 Å². The predicted molar refractivity (Wildman–Crippen MR) is 74.5 cm³/mol. The average molecular weight is 290 g/mol. The van der Waals surface area contributed by atoms with Crippen LogP contribution in [0.5, 0.6) is 0 Å². The standard InChI is InChI=1S/C16H16F2N2O/c17-13-2-1-12(9-14(13)18)16-15(5-8-21-16)20-10-11-3-6-19-7-4-11/h1-4,6-7,9,15-16,20H,5,8,10H2. The molecule has 2 atom stereocenters. The van der Waals surface area contributed by atoms with E-state index < -0.39 is 11.6 Å². The molecule has 1 aromatic carbocycles. The van der Waals surface area contributed by atoms with Crippen LogP contribution in [0.3, 0.4) is 0 Å². The highest BCUT2D eigenvalue weighted by Crippen LogP contribution is 2.30. The molecule has 3 rings (SSSR count). The molecule has 3 nitrogen and oxygen atoms in total. The summed E-state index contributed by atoms with van der Waals surface area (Å²) in [5, 5.41) is 3.41. The van der Waals surface area contributed by atoms with Crippen LogP contribution in [-0.2, 0) is 11.3 Å². The van der Waals surface area contributed by atoms with Crippen molar-refractivity contribution in [2.45, 2.75) is 25.1 Å². The zero-order chi connectivity index (χ0) is 14.7. The Morgan fingerprint density at radius 2 is 1.95 bits per heavy atom. The summed E-state index contributed by atoms with van der Waals surface area (Å²) in [4.78, 5) is 3.98. The smallest absolute Gasteiger partial charge is 0.159 e. The Balaban J connectivity index is 1.69. The third-order valence-electron chi connectivity index (χ3n) is 3.68. The minimum Gasteiger partial charge on any atom is -0.372 e. The fourth-order valence-electron chi connectivity index (χ4n) is 2.57. The molecule has 1 saturated heterocycles. The van der Waals surface area contributed by atoms with Crippen LogP contribution >= 0.6 is 0 Å². The molecule has 0 radical (unpaired) electrons. The second kappa shape index (κ2) is 6.28. The van der Waals surface area contributed by atoms with E-state index >= 15 is 0 Å². The van der Waals surface area contributed by atoms with Crippen molar-refractivity contribution in [2.75, 3.05) is 6.61 Å². The Kier molecular flexibility index (Phi) is 4.22. The lowest BCUT2D eigenvalue weighted by atomic mass is 10.0. The number of benzene rings is 1. The molecular weight excluding hydrogens is 274 g/mol.